The van der Waals surface area contributed by atoms with E-state index in [0.717, 1.165) is 31.5 Å². The molecule has 1 aliphatic carbocycles. The van der Waals surface area contributed by atoms with Crippen LogP contribution in [0.1, 0.15) is 61.0 Å². The fourth-order valence-corrected chi connectivity index (χ4v) is 2.80. The number of rotatable bonds is 4. The number of hydrogen-bond donors (Lipinski definition) is 1. The van der Waals surface area contributed by atoms with Gasteiger partial charge in [-0.3, -0.25) is 0 Å². The van der Waals surface area contributed by atoms with E-state index in [1.807, 2.05) is 0 Å². The van der Waals surface area contributed by atoms with Crippen molar-refractivity contribution < 1.29 is 4.52 Å². The van der Waals surface area contributed by atoms with E-state index in [1.54, 1.807) is 0 Å². The summed E-state index contributed by atoms with van der Waals surface area (Å²) in [6.07, 6.45) is 4.04. The number of fused-ring (bicyclic) bond motifs is 1. The smallest absolute Gasteiger partial charge is 0.243 e. The maximum atomic E-state index is 6.02. The van der Waals surface area contributed by atoms with Gasteiger partial charge in [0, 0.05) is 5.92 Å². The molecule has 0 saturated carbocycles. The summed E-state index contributed by atoms with van der Waals surface area (Å²) >= 11 is 0. The Morgan fingerprint density at radius 2 is 2.26 bits per heavy atom. The number of benzene rings is 1. The lowest BCUT2D eigenvalue weighted by atomic mass is 10.0. The molecule has 0 bridgehead atoms. The Labute approximate surface area is 113 Å². The maximum absolute atomic E-state index is 6.02. The van der Waals surface area contributed by atoms with Crippen LogP contribution in [0.4, 0.5) is 0 Å². The highest BCUT2D eigenvalue weighted by Gasteiger charge is 2.28. The second-order valence-electron chi connectivity index (χ2n) is 5.18. The third kappa shape index (κ3) is 2.28. The zero-order valence-electron chi connectivity index (χ0n) is 11.2. The predicted octanol–water partition coefficient (Wildman–Crippen LogP) is 2.95. The van der Waals surface area contributed by atoms with Crippen LogP contribution in [-0.2, 0) is 6.42 Å². The summed E-state index contributed by atoms with van der Waals surface area (Å²) in [5, 5.41) is 4.13. The zero-order chi connectivity index (χ0) is 13.2. The third-order valence-corrected chi connectivity index (χ3v) is 3.82. The van der Waals surface area contributed by atoms with E-state index in [4.69, 9.17) is 10.3 Å². The minimum atomic E-state index is -0.136. The van der Waals surface area contributed by atoms with Crippen molar-refractivity contribution in [2.75, 3.05) is 0 Å². The largest absolute Gasteiger partial charge is 0.338 e. The van der Waals surface area contributed by atoms with Crippen molar-refractivity contribution in [3.63, 3.8) is 0 Å². The average molecular weight is 257 g/mol. The summed E-state index contributed by atoms with van der Waals surface area (Å²) in [5.41, 5.74) is 8.75. The molecular formula is C15H19N3O. The van der Waals surface area contributed by atoms with Crippen LogP contribution in [0, 0.1) is 0 Å². The van der Waals surface area contributed by atoms with Crippen molar-refractivity contribution in [1.29, 1.82) is 0 Å². The van der Waals surface area contributed by atoms with E-state index in [0.29, 0.717) is 5.89 Å². The molecule has 2 atom stereocenters. The molecule has 2 aromatic rings. The minimum absolute atomic E-state index is 0.136. The van der Waals surface area contributed by atoms with E-state index >= 15 is 0 Å². The molecule has 1 unspecified atom stereocenters. The molecule has 19 heavy (non-hydrogen) atoms. The molecular weight excluding hydrogens is 238 g/mol. The zero-order valence-corrected chi connectivity index (χ0v) is 11.2. The van der Waals surface area contributed by atoms with Gasteiger partial charge in [-0.05, 0) is 30.4 Å². The summed E-state index contributed by atoms with van der Waals surface area (Å²) in [5.74, 6) is 1.62. The number of nitrogens with two attached hydrogens (primary N) is 1. The van der Waals surface area contributed by atoms with Crippen LogP contribution in [-0.4, -0.2) is 10.1 Å². The van der Waals surface area contributed by atoms with E-state index < -0.39 is 0 Å². The lowest BCUT2D eigenvalue weighted by Crippen LogP contribution is -2.10. The fourth-order valence-electron chi connectivity index (χ4n) is 2.80. The predicted molar refractivity (Wildman–Crippen MR) is 72.7 cm³/mol. The van der Waals surface area contributed by atoms with Crippen molar-refractivity contribution in [2.24, 2.45) is 5.73 Å². The molecule has 0 radical (unpaired) electrons. The van der Waals surface area contributed by atoms with Crippen molar-refractivity contribution in [3.05, 3.63) is 47.1 Å². The Morgan fingerprint density at radius 1 is 1.42 bits per heavy atom. The SMILES string of the molecule is CCC[C@@H](N)c1nc(C2CCc3ccccc32)no1. The molecule has 0 saturated heterocycles. The highest BCUT2D eigenvalue weighted by atomic mass is 16.5. The second kappa shape index (κ2) is 5.13. The van der Waals surface area contributed by atoms with E-state index in [9.17, 15) is 0 Å². The van der Waals surface area contributed by atoms with E-state index in [2.05, 4.69) is 41.3 Å². The van der Waals surface area contributed by atoms with Gasteiger partial charge in [-0.2, -0.15) is 4.98 Å². The Kier molecular flexibility index (Phi) is 3.34. The van der Waals surface area contributed by atoms with E-state index in [1.165, 1.54) is 11.1 Å². The van der Waals surface area contributed by atoms with Gasteiger partial charge >= 0.3 is 0 Å². The van der Waals surface area contributed by atoms with Crippen molar-refractivity contribution in [2.45, 2.75) is 44.6 Å². The van der Waals surface area contributed by atoms with Crippen LogP contribution in [0.3, 0.4) is 0 Å². The lowest BCUT2D eigenvalue weighted by molar-refractivity contribution is 0.343. The first-order valence-corrected chi connectivity index (χ1v) is 6.96. The topological polar surface area (TPSA) is 64.9 Å². The highest BCUT2D eigenvalue weighted by Crippen LogP contribution is 2.36. The molecule has 0 amide bonds. The maximum Gasteiger partial charge on any atom is 0.243 e. The van der Waals surface area contributed by atoms with Gasteiger partial charge < -0.3 is 10.3 Å². The number of nitrogens with zero attached hydrogens (tertiary/aromatic N) is 2. The average Bonchev–Trinajstić information content (AvgIpc) is 3.05. The second-order valence-corrected chi connectivity index (χ2v) is 5.18. The third-order valence-electron chi connectivity index (χ3n) is 3.82. The molecule has 0 spiro atoms. The van der Waals surface area contributed by atoms with Gasteiger partial charge in [-0.15, -0.1) is 0 Å². The van der Waals surface area contributed by atoms with Crippen molar-refractivity contribution >= 4 is 0 Å². The summed E-state index contributed by atoms with van der Waals surface area (Å²) in [6, 6.07) is 8.36. The Bertz CT molecular complexity index is 564. The summed E-state index contributed by atoms with van der Waals surface area (Å²) in [4.78, 5) is 4.51. The molecule has 1 aliphatic rings. The highest BCUT2D eigenvalue weighted by molar-refractivity contribution is 5.38. The van der Waals surface area contributed by atoms with Gasteiger partial charge in [0.05, 0.1) is 6.04 Å². The number of hydrogen-bond acceptors (Lipinski definition) is 4. The lowest BCUT2D eigenvalue weighted by Gasteiger charge is -2.06. The van der Waals surface area contributed by atoms with Crippen LogP contribution >= 0.6 is 0 Å². The first-order chi connectivity index (χ1) is 9.29. The van der Waals surface area contributed by atoms with Crippen LogP contribution in [0.5, 0.6) is 0 Å². The van der Waals surface area contributed by atoms with Gasteiger partial charge in [0.15, 0.2) is 5.82 Å². The van der Waals surface area contributed by atoms with Crippen molar-refractivity contribution in [3.8, 4) is 0 Å². The summed E-state index contributed by atoms with van der Waals surface area (Å²) in [6.45, 7) is 2.10. The Balaban J connectivity index is 1.85. The van der Waals surface area contributed by atoms with Gasteiger partial charge in [0.25, 0.3) is 0 Å². The first kappa shape index (κ1) is 12.4. The van der Waals surface area contributed by atoms with E-state index in [-0.39, 0.29) is 12.0 Å². The molecule has 0 aliphatic heterocycles. The molecule has 1 aromatic carbocycles. The van der Waals surface area contributed by atoms with Crippen LogP contribution in [0.25, 0.3) is 0 Å². The molecule has 1 heterocycles. The van der Waals surface area contributed by atoms with Gasteiger partial charge in [0.2, 0.25) is 5.89 Å². The summed E-state index contributed by atoms with van der Waals surface area (Å²) in [7, 11) is 0. The quantitative estimate of drug-likeness (QED) is 0.914. The van der Waals surface area contributed by atoms with Gasteiger partial charge in [0.1, 0.15) is 0 Å². The molecule has 1 aromatic heterocycles. The molecule has 4 nitrogen and oxygen atoms in total. The fraction of sp³-hybridized carbons (Fsp3) is 0.467. The molecule has 4 heteroatoms. The normalized spacial score (nSPS) is 19.4. The molecule has 2 N–H and O–H groups in total. The number of aromatic nitrogens is 2. The molecule has 100 valence electrons. The Morgan fingerprint density at radius 3 is 3.11 bits per heavy atom. The number of aryl methyl sites for hydroxylation is 1. The first-order valence-electron chi connectivity index (χ1n) is 6.96. The summed E-state index contributed by atoms with van der Waals surface area (Å²) < 4.78 is 5.32. The standard InChI is InChI=1S/C15H19N3O/c1-2-5-13(16)15-17-14(18-19-15)12-9-8-10-6-3-4-7-11(10)12/h3-4,6-7,12-13H,2,5,8-9,16H2,1H3/t12?,13-/m1/s1. The van der Waals surface area contributed by atoms with Crippen LogP contribution in [0.15, 0.2) is 28.8 Å². The van der Waals surface area contributed by atoms with Crippen LogP contribution < -0.4 is 5.73 Å². The molecule has 3 rings (SSSR count). The molecule has 0 fully saturated rings. The van der Waals surface area contributed by atoms with Crippen molar-refractivity contribution in [1.82, 2.24) is 10.1 Å². The van der Waals surface area contributed by atoms with Gasteiger partial charge in [-0.25, -0.2) is 0 Å². The monoisotopic (exact) mass is 257 g/mol. The van der Waals surface area contributed by atoms with Crippen LogP contribution in [0.2, 0.25) is 0 Å². The minimum Gasteiger partial charge on any atom is -0.338 e. The van der Waals surface area contributed by atoms with Gasteiger partial charge in [-0.1, -0.05) is 42.8 Å². The Hall–Kier alpha value is -1.68.